The Hall–Kier alpha value is -1.81. The number of aromatic nitrogens is 1. The van der Waals surface area contributed by atoms with Crippen LogP contribution in [0.3, 0.4) is 0 Å². The number of nitrogens with zero attached hydrogens (tertiary/aromatic N) is 2. The van der Waals surface area contributed by atoms with Gasteiger partial charge >= 0.3 is 6.09 Å². The first kappa shape index (κ1) is 15.1. The Morgan fingerprint density at radius 3 is 2.77 bits per heavy atom. The molecule has 4 heteroatoms. The number of carboxylic acid groups (broad SMARTS) is 1. The van der Waals surface area contributed by atoms with Gasteiger partial charge in [0.25, 0.3) is 0 Å². The van der Waals surface area contributed by atoms with Gasteiger partial charge in [-0.3, -0.25) is 4.57 Å². The third kappa shape index (κ3) is 3.17. The number of rotatable bonds is 4. The molecule has 0 aliphatic heterocycles. The van der Waals surface area contributed by atoms with Gasteiger partial charge in [-0.1, -0.05) is 31.4 Å². The van der Waals surface area contributed by atoms with Crippen molar-refractivity contribution in [2.75, 3.05) is 13.6 Å². The molecule has 1 heterocycles. The highest BCUT2D eigenvalue weighted by Gasteiger charge is 2.17. The summed E-state index contributed by atoms with van der Waals surface area (Å²) in [4.78, 5) is 13.7. The second kappa shape index (κ2) is 6.53. The van der Waals surface area contributed by atoms with Gasteiger partial charge in [0.15, 0.2) is 0 Å². The van der Waals surface area contributed by atoms with Crippen molar-refractivity contribution in [3.63, 3.8) is 0 Å². The smallest absolute Gasteiger partial charge is 0.415 e. The summed E-state index contributed by atoms with van der Waals surface area (Å²) in [5.74, 6) is 0. The van der Waals surface area contributed by atoms with Crippen LogP contribution in [0, 0.1) is 0 Å². The third-order valence-corrected chi connectivity index (χ3v) is 4.91. The Bertz CT molecular complexity index is 656. The van der Waals surface area contributed by atoms with Gasteiger partial charge in [0.2, 0.25) is 0 Å². The van der Waals surface area contributed by atoms with E-state index >= 15 is 0 Å². The topological polar surface area (TPSA) is 45.5 Å². The first-order valence-electron chi connectivity index (χ1n) is 8.18. The molecule has 0 saturated heterocycles. The van der Waals surface area contributed by atoms with Gasteiger partial charge in [-0.2, -0.15) is 0 Å². The standard InChI is InChI=1S/C18H24N2O2/c1-19(16-5-3-2-4-6-16)11-9-14-7-8-15-10-12-20(18(21)22)17(15)13-14/h7-8,10,12-13,16H,2-6,9,11H2,1H3,(H,21,22). The highest BCUT2D eigenvalue weighted by Crippen LogP contribution is 2.22. The molecular formula is C18H24N2O2. The molecule has 1 aromatic carbocycles. The molecule has 0 atom stereocenters. The lowest BCUT2D eigenvalue weighted by molar-refractivity contribution is 0.194. The van der Waals surface area contributed by atoms with Crippen LogP contribution in [0.1, 0.15) is 37.7 Å². The minimum atomic E-state index is -0.925. The van der Waals surface area contributed by atoms with Crippen LogP contribution in [0.15, 0.2) is 30.5 Å². The van der Waals surface area contributed by atoms with E-state index in [2.05, 4.69) is 18.0 Å². The predicted molar refractivity (Wildman–Crippen MR) is 88.6 cm³/mol. The van der Waals surface area contributed by atoms with Crippen LogP contribution in [-0.2, 0) is 6.42 Å². The second-order valence-corrected chi connectivity index (χ2v) is 6.38. The van der Waals surface area contributed by atoms with Crippen molar-refractivity contribution in [1.29, 1.82) is 0 Å². The molecule has 1 aliphatic rings. The number of hydrogen-bond donors (Lipinski definition) is 1. The number of carbonyl (C=O) groups is 1. The molecule has 0 radical (unpaired) electrons. The fourth-order valence-electron chi connectivity index (χ4n) is 3.51. The molecule has 0 amide bonds. The first-order valence-corrected chi connectivity index (χ1v) is 8.18. The maximum atomic E-state index is 11.2. The molecule has 0 bridgehead atoms. The lowest BCUT2D eigenvalue weighted by atomic mass is 9.94. The minimum Gasteiger partial charge on any atom is -0.464 e. The molecule has 1 N–H and O–H groups in total. The summed E-state index contributed by atoms with van der Waals surface area (Å²) >= 11 is 0. The summed E-state index contributed by atoms with van der Waals surface area (Å²) in [6, 6.07) is 8.72. The molecule has 22 heavy (non-hydrogen) atoms. The number of hydrogen-bond acceptors (Lipinski definition) is 2. The highest BCUT2D eigenvalue weighted by atomic mass is 16.4. The average Bonchev–Trinajstić information content (AvgIpc) is 2.96. The molecule has 0 unspecified atom stereocenters. The zero-order valence-corrected chi connectivity index (χ0v) is 13.2. The zero-order valence-electron chi connectivity index (χ0n) is 13.2. The Morgan fingerprint density at radius 2 is 2.05 bits per heavy atom. The van der Waals surface area contributed by atoms with Crippen LogP contribution in [-0.4, -0.2) is 40.3 Å². The second-order valence-electron chi connectivity index (χ2n) is 6.38. The van der Waals surface area contributed by atoms with Crippen LogP contribution in [0.25, 0.3) is 10.9 Å². The predicted octanol–water partition coefficient (Wildman–Crippen LogP) is 3.97. The van der Waals surface area contributed by atoms with Crippen molar-refractivity contribution in [2.24, 2.45) is 0 Å². The van der Waals surface area contributed by atoms with E-state index in [1.165, 1.54) is 42.2 Å². The van der Waals surface area contributed by atoms with Crippen LogP contribution in [0.4, 0.5) is 4.79 Å². The SMILES string of the molecule is CN(CCc1ccc2ccn(C(=O)O)c2c1)C1CCCCC1. The van der Waals surface area contributed by atoms with Gasteiger partial charge in [-0.25, -0.2) is 4.79 Å². The van der Waals surface area contributed by atoms with Gasteiger partial charge in [0.1, 0.15) is 0 Å². The van der Waals surface area contributed by atoms with Crippen LogP contribution in [0.2, 0.25) is 0 Å². The fourth-order valence-corrected chi connectivity index (χ4v) is 3.51. The summed E-state index contributed by atoms with van der Waals surface area (Å²) < 4.78 is 1.30. The van der Waals surface area contributed by atoms with Crippen LogP contribution in [0.5, 0.6) is 0 Å². The average molecular weight is 300 g/mol. The van der Waals surface area contributed by atoms with Crippen molar-refractivity contribution in [2.45, 2.75) is 44.6 Å². The van der Waals surface area contributed by atoms with Gasteiger partial charge in [-0.05, 0) is 44.0 Å². The van der Waals surface area contributed by atoms with E-state index < -0.39 is 6.09 Å². The van der Waals surface area contributed by atoms with Gasteiger partial charge in [-0.15, -0.1) is 0 Å². The lowest BCUT2D eigenvalue weighted by Gasteiger charge is -2.31. The van der Waals surface area contributed by atoms with Crippen molar-refractivity contribution in [1.82, 2.24) is 9.47 Å². The summed E-state index contributed by atoms with van der Waals surface area (Å²) in [7, 11) is 2.22. The normalized spacial score (nSPS) is 16.5. The molecule has 2 aromatic rings. The molecule has 118 valence electrons. The van der Waals surface area contributed by atoms with Crippen LogP contribution >= 0.6 is 0 Å². The summed E-state index contributed by atoms with van der Waals surface area (Å²) in [5, 5.41) is 10.2. The molecule has 1 fully saturated rings. The maximum absolute atomic E-state index is 11.2. The van der Waals surface area contributed by atoms with E-state index in [0.717, 1.165) is 29.9 Å². The molecule has 3 rings (SSSR count). The van der Waals surface area contributed by atoms with Crippen molar-refractivity contribution >= 4 is 17.0 Å². The quantitative estimate of drug-likeness (QED) is 0.929. The molecule has 1 aliphatic carbocycles. The summed E-state index contributed by atoms with van der Waals surface area (Å²) in [6.07, 6.45) is 8.38. The van der Waals surface area contributed by atoms with E-state index in [9.17, 15) is 9.90 Å². The highest BCUT2D eigenvalue weighted by molar-refractivity contribution is 5.89. The maximum Gasteiger partial charge on any atom is 0.415 e. The number of benzene rings is 1. The van der Waals surface area contributed by atoms with Gasteiger partial charge in [0.05, 0.1) is 5.52 Å². The van der Waals surface area contributed by atoms with E-state index in [1.54, 1.807) is 6.20 Å². The molecule has 4 nitrogen and oxygen atoms in total. The molecule has 1 aromatic heterocycles. The number of likely N-dealkylation sites (N-methyl/N-ethyl adjacent to an activating group) is 1. The third-order valence-electron chi connectivity index (χ3n) is 4.91. The Balaban J connectivity index is 1.68. The lowest BCUT2D eigenvalue weighted by Crippen LogP contribution is -2.34. The van der Waals surface area contributed by atoms with Crippen LogP contribution < -0.4 is 0 Å². The van der Waals surface area contributed by atoms with Gasteiger partial charge < -0.3 is 10.0 Å². The monoisotopic (exact) mass is 300 g/mol. The summed E-state index contributed by atoms with van der Waals surface area (Å²) in [6.45, 7) is 1.03. The van der Waals surface area contributed by atoms with E-state index in [1.807, 2.05) is 18.2 Å². The fraction of sp³-hybridized carbons (Fsp3) is 0.500. The van der Waals surface area contributed by atoms with E-state index in [-0.39, 0.29) is 0 Å². The first-order chi connectivity index (χ1) is 10.6. The zero-order chi connectivity index (χ0) is 15.5. The van der Waals surface area contributed by atoms with Crippen molar-refractivity contribution < 1.29 is 9.90 Å². The Kier molecular flexibility index (Phi) is 4.48. The number of fused-ring (bicyclic) bond motifs is 1. The van der Waals surface area contributed by atoms with Crippen molar-refractivity contribution in [3.8, 4) is 0 Å². The van der Waals surface area contributed by atoms with E-state index in [0.29, 0.717) is 0 Å². The molecular weight excluding hydrogens is 276 g/mol. The Labute approximate surface area is 131 Å². The van der Waals surface area contributed by atoms with Gasteiger partial charge in [0, 0.05) is 24.2 Å². The molecule has 1 saturated carbocycles. The Morgan fingerprint density at radius 1 is 1.27 bits per heavy atom. The largest absolute Gasteiger partial charge is 0.464 e. The minimum absolute atomic E-state index is 0.723. The van der Waals surface area contributed by atoms with E-state index in [4.69, 9.17) is 0 Å². The summed E-state index contributed by atoms with van der Waals surface area (Å²) in [5.41, 5.74) is 1.99. The molecule has 0 spiro atoms. The van der Waals surface area contributed by atoms with Crippen molar-refractivity contribution in [3.05, 3.63) is 36.0 Å².